The Kier molecular flexibility index (Phi) is 3.97. The van der Waals surface area contributed by atoms with Crippen LogP contribution in [-0.4, -0.2) is 36.3 Å². The number of halogens is 1. The molecule has 0 aliphatic rings. The summed E-state index contributed by atoms with van der Waals surface area (Å²) in [5.41, 5.74) is 2.49. The third-order valence-electron chi connectivity index (χ3n) is 3.01. The highest BCUT2D eigenvalue weighted by atomic mass is 35.5. The first-order valence-corrected chi connectivity index (χ1v) is 7.04. The van der Waals surface area contributed by atoms with E-state index in [1.807, 2.05) is 19.9 Å². The highest BCUT2D eigenvalue weighted by molar-refractivity contribution is 6.32. The summed E-state index contributed by atoms with van der Waals surface area (Å²) in [6.07, 6.45) is 6.35. The summed E-state index contributed by atoms with van der Waals surface area (Å²) in [5.74, 6) is 0.712. The van der Waals surface area contributed by atoms with Gasteiger partial charge in [-0.25, -0.2) is 4.98 Å². The Morgan fingerprint density at radius 1 is 1.27 bits per heavy atom. The van der Waals surface area contributed by atoms with Crippen molar-refractivity contribution in [3.63, 3.8) is 0 Å². The van der Waals surface area contributed by atoms with Crippen molar-refractivity contribution >= 4 is 11.6 Å². The fourth-order valence-corrected chi connectivity index (χ4v) is 2.30. The van der Waals surface area contributed by atoms with Crippen molar-refractivity contribution in [2.75, 3.05) is 6.61 Å². The van der Waals surface area contributed by atoms with Crippen LogP contribution in [0.4, 0.5) is 0 Å². The van der Waals surface area contributed by atoms with Gasteiger partial charge in [-0.1, -0.05) is 11.6 Å². The molecule has 0 aromatic carbocycles. The number of hydrogen-bond donors (Lipinski definition) is 0. The third-order valence-corrected chi connectivity index (χ3v) is 3.29. The molecule has 22 heavy (non-hydrogen) atoms. The average Bonchev–Trinajstić information content (AvgIpc) is 3.03. The van der Waals surface area contributed by atoms with Crippen LogP contribution in [-0.2, 0) is 0 Å². The maximum atomic E-state index is 6.38. The van der Waals surface area contributed by atoms with Crippen molar-refractivity contribution in [1.29, 1.82) is 0 Å². The Morgan fingerprint density at radius 2 is 2.14 bits per heavy atom. The zero-order valence-electron chi connectivity index (χ0n) is 12.1. The van der Waals surface area contributed by atoms with Gasteiger partial charge in [0.1, 0.15) is 17.8 Å². The summed E-state index contributed by atoms with van der Waals surface area (Å²) >= 11 is 6.38. The second-order valence-corrected chi connectivity index (χ2v) is 4.82. The first-order valence-electron chi connectivity index (χ1n) is 6.67. The highest BCUT2D eigenvalue weighted by Crippen LogP contribution is 2.36. The molecule has 0 aliphatic heterocycles. The van der Waals surface area contributed by atoms with Gasteiger partial charge in [-0.15, -0.1) is 0 Å². The smallest absolute Gasteiger partial charge is 0.256 e. The van der Waals surface area contributed by atoms with Gasteiger partial charge >= 0.3 is 0 Å². The summed E-state index contributed by atoms with van der Waals surface area (Å²) < 4.78 is 7.08. The summed E-state index contributed by atoms with van der Waals surface area (Å²) in [6, 6.07) is 1.86. The molecule has 0 saturated heterocycles. The maximum Gasteiger partial charge on any atom is 0.256 e. The standard InChI is InChI=1S/C14H13ClN6O/c1-3-22-13-11(10-4-5-16-6-9(10)2)12(15)19-14(20-13)21-8-17-7-18-21/h4-8H,3H2,1-2H3. The molecule has 0 radical (unpaired) electrons. The summed E-state index contributed by atoms with van der Waals surface area (Å²) in [7, 11) is 0. The molecular weight excluding hydrogens is 304 g/mol. The Morgan fingerprint density at radius 3 is 2.82 bits per heavy atom. The lowest BCUT2D eigenvalue weighted by atomic mass is 10.1. The second kappa shape index (κ2) is 6.07. The Balaban J connectivity index is 2.20. The number of aryl methyl sites for hydroxylation is 1. The minimum atomic E-state index is 0.290. The molecule has 0 bridgehead atoms. The van der Waals surface area contributed by atoms with Crippen molar-refractivity contribution in [3.8, 4) is 23.0 Å². The Hall–Kier alpha value is -2.54. The quantitative estimate of drug-likeness (QED) is 0.688. The molecule has 0 fully saturated rings. The zero-order valence-corrected chi connectivity index (χ0v) is 12.8. The average molecular weight is 317 g/mol. The van der Waals surface area contributed by atoms with Crippen LogP contribution in [0.15, 0.2) is 31.1 Å². The van der Waals surface area contributed by atoms with Gasteiger partial charge in [0.05, 0.1) is 12.2 Å². The molecule has 0 aliphatic carbocycles. The van der Waals surface area contributed by atoms with Crippen LogP contribution in [0, 0.1) is 6.92 Å². The van der Waals surface area contributed by atoms with Gasteiger partial charge in [-0.05, 0) is 31.0 Å². The molecule has 0 amide bonds. The van der Waals surface area contributed by atoms with Gasteiger partial charge in [-0.3, -0.25) is 4.98 Å². The first-order chi connectivity index (χ1) is 10.7. The fourth-order valence-electron chi connectivity index (χ4n) is 2.04. The topological polar surface area (TPSA) is 78.6 Å². The molecule has 7 nitrogen and oxygen atoms in total. The lowest BCUT2D eigenvalue weighted by molar-refractivity contribution is 0.327. The minimum Gasteiger partial charge on any atom is -0.477 e. The lowest BCUT2D eigenvalue weighted by Crippen LogP contribution is -2.07. The molecule has 3 rings (SSSR count). The molecule has 3 heterocycles. The number of rotatable bonds is 4. The van der Waals surface area contributed by atoms with E-state index in [0.717, 1.165) is 11.1 Å². The molecule has 112 valence electrons. The highest BCUT2D eigenvalue weighted by Gasteiger charge is 2.18. The molecule has 0 N–H and O–H groups in total. The number of hydrogen-bond acceptors (Lipinski definition) is 6. The van der Waals surface area contributed by atoms with E-state index in [9.17, 15) is 0 Å². The minimum absolute atomic E-state index is 0.290. The molecule has 0 unspecified atom stereocenters. The van der Waals surface area contributed by atoms with Gasteiger partial charge in [0.25, 0.3) is 5.95 Å². The molecule has 0 spiro atoms. The molecule has 8 heteroatoms. The van der Waals surface area contributed by atoms with Crippen LogP contribution in [0.5, 0.6) is 5.88 Å². The van der Waals surface area contributed by atoms with Crippen LogP contribution < -0.4 is 4.74 Å². The number of nitrogens with zero attached hydrogens (tertiary/aromatic N) is 6. The third kappa shape index (κ3) is 2.62. The van der Waals surface area contributed by atoms with Crippen molar-refractivity contribution in [2.45, 2.75) is 13.8 Å². The van der Waals surface area contributed by atoms with Crippen LogP contribution >= 0.6 is 11.6 Å². The van der Waals surface area contributed by atoms with Gasteiger partial charge in [-0.2, -0.15) is 19.7 Å². The van der Waals surface area contributed by atoms with E-state index in [2.05, 4.69) is 25.0 Å². The van der Waals surface area contributed by atoms with Gasteiger partial charge < -0.3 is 4.74 Å². The van der Waals surface area contributed by atoms with Crippen LogP contribution in [0.2, 0.25) is 5.15 Å². The van der Waals surface area contributed by atoms with E-state index in [-0.39, 0.29) is 0 Å². The van der Waals surface area contributed by atoms with Crippen molar-refractivity contribution < 1.29 is 4.74 Å². The normalized spacial score (nSPS) is 10.7. The molecule has 3 aromatic rings. The summed E-state index contributed by atoms with van der Waals surface area (Å²) in [6.45, 7) is 4.29. The first kappa shape index (κ1) is 14.4. The van der Waals surface area contributed by atoms with Crippen LogP contribution in [0.25, 0.3) is 17.1 Å². The van der Waals surface area contributed by atoms with Crippen molar-refractivity contribution in [1.82, 2.24) is 29.7 Å². The van der Waals surface area contributed by atoms with Gasteiger partial charge in [0.2, 0.25) is 5.88 Å². The predicted molar refractivity (Wildman–Crippen MR) is 81.1 cm³/mol. The van der Waals surface area contributed by atoms with E-state index in [1.54, 1.807) is 12.4 Å². The van der Waals surface area contributed by atoms with E-state index < -0.39 is 0 Å². The lowest BCUT2D eigenvalue weighted by Gasteiger charge is -2.13. The fraction of sp³-hybridized carbons (Fsp3) is 0.214. The van der Waals surface area contributed by atoms with E-state index >= 15 is 0 Å². The molecule has 0 atom stereocenters. The number of pyridine rings is 1. The van der Waals surface area contributed by atoms with Crippen LogP contribution in [0.3, 0.4) is 0 Å². The molecule has 3 aromatic heterocycles. The molecule has 0 saturated carbocycles. The van der Waals surface area contributed by atoms with Crippen molar-refractivity contribution in [3.05, 3.63) is 41.8 Å². The Bertz CT molecular complexity index is 790. The van der Waals surface area contributed by atoms with Gasteiger partial charge in [0, 0.05) is 12.4 Å². The molecular formula is C14H13ClN6O. The largest absolute Gasteiger partial charge is 0.477 e. The predicted octanol–water partition coefficient (Wildman–Crippen LogP) is 2.48. The maximum absolute atomic E-state index is 6.38. The SMILES string of the molecule is CCOc1nc(-n2cncn2)nc(Cl)c1-c1ccncc1C. The zero-order chi connectivity index (χ0) is 15.5. The van der Waals surface area contributed by atoms with E-state index in [4.69, 9.17) is 16.3 Å². The van der Waals surface area contributed by atoms with E-state index in [1.165, 1.54) is 17.3 Å². The second-order valence-electron chi connectivity index (χ2n) is 4.46. The summed E-state index contributed by atoms with van der Waals surface area (Å²) in [4.78, 5) is 16.7. The van der Waals surface area contributed by atoms with Crippen molar-refractivity contribution in [2.24, 2.45) is 0 Å². The monoisotopic (exact) mass is 316 g/mol. The number of aromatic nitrogens is 6. The van der Waals surface area contributed by atoms with Gasteiger partial charge in [0.15, 0.2) is 0 Å². The Labute approximate surface area is 132 Å². The number of ether oxygens (including phenoxy) is 1. The van der Waals surface area contributed by atoms with Crippen LogP contribution in [0.1, 0.15) is 12.5 Å². The summed E-state index contributed by atoms with van der Waals surface area (Å²) in [5, 5.41) is 4.30. The van der Waals surface area contributed by atoms with E-state index in [0.29, 0.717) is 29.2 Å².